The smallest absolute Gasteiger partial charge is 0.152 e. The van der Waals surface area contributed by atoms with Crippen LogP contribution in [0.2, 0.25) is 0 Å². The number of aryl methyl sites for hydroxylation is 1. The maximum Gasteiger partial charge on any atom is 0.152 e. The average molecular weight is 357 g/mol. The number of imidazole rings is 1. The minimum Gasteiger partial charge on any atom is -0.490 e. The van der Waals surface area contributed by atoms with E-state index in [2.05, 4.69) is 15.1 Å². The standard InChI is InChI=1S/C18H23N5O3/c1-5-25-9-13-21-15-16(23(13)4)14-11(20-17(15)19)7-6-8-12(14)26-10-18(2,3)22-24/h6-8H,5,9-10H2,1-4H3,(H2,19,20). The fraction of sp³-hybridized carbons (Fsp3) is 0.444. The van der Waals surface area contributed by atoms with Crippen molar-refractivity contribution in [3.63, 3.8) is 0 Å². The summed E-state index contributed by atoms with van der Waals surface area (Å²) in [4.78, 5) is 20.0. The van der Waals surface area contributed by atoms with Gasteiger partial charge in [-0.3, -0.25) is 0 Å². The van der Waals surface area contributed by atoms with Crippen LogP contribution in [0, 0.1) is 4.91 Å². The molecule has 0 spiro atoms. The number of nitrogens with zero attached hydrogens (tertiary/aromatic N) is 4. The third kappa shape index (κ3) is 3.20. The molecule has 0 radical (unpaired) electrons. The Morgan fingerprint density at radius 2 is 2.08 bits per heavy atom. The van der Waals surface area contributed by atoms with Crippen LogP contribution in [0.4, 0.5) is 5.82 Å². The highest BCUT2D eigenvalue weighted by atomic mass is 16.5. The molecule has 2 aromatic heterocycles. The van der Waals surface area contributed by atoms with Crippen molar-refractivity contribution in [2.75, 3.05) is 18.9 Å². The van der Waals surface area contributed by atoms with Crippen LogP contribution in [0.3, 0.4) is 0 Å². The number of benzene rings is 1. The van der Waals surface area contributed by atoms with E-state index in [0.29, 0.717) is 35.8 Å². The summed E-state index contributed by atoms with van der Waals surface area (Å²) in [5.74, 6) is 1.73. The Hall–Kier alpha value is -2.74. The zero-order valence-corrected chi connectivity index (χ0v) is 15.4. The van der Waals surface area contributed by atoms with Crippen LogP contribution in [0.5, 0.6) is 5.75 Å². The predicted molar refractivity (Wildman–Crippen MR) is 101 cm³/mol. The molecule has 0 bridgehead atoms. The summed E-state index contributed by atoms with van der Waals surface area (Å²) in [7, 11) is 1.91. The molecule has 0 aliphatic rings. The summed E-state index contributed by atoms with van der Waals surface area (Å²) in [5, 5.41) is 3.90. The molecule has 0 saturated carbocycles. The lowest BCUT2D eigenvalue weighted by Gasteiger charge is -2.17. The second kappa shape index (κ2) is 6.87. The second-order valence-corrected chi connectivity index (χ2v) is 6.76. The Morgan fingerprint density at radius 3 is 2.77 bits per heavy atom. The number of rotatable bonds is 7. The first-order valence-electron chi connectivity index (χ1n) is 8.46. The zero-order chi connectivity index (χ0) is 18.9. The molecule has 2 heterocycles. The van der Waals surface area contributed by atoms with E-state index in [4.69, 9.17) is 15.2 Å². The molecular weight excluding hydrogens is 334 g/mol. The van der Waals surface area contributed by atoms with Gasteiger partial charge in [-0.15, -0.1) is 0 Å². The van der Waals surface area contributed by atoms with Gasteiger partial charge < -0.3 is 19.8 Å². The third-order valence-electron chi connectivity index (χ3n) is 4.18. The van der Waals surface area contributed by atoms with Gasteiger partial charge in [0.25, 0.3) is 0 Å². The Morgan fingerprint density at radius 1 is 1.31 bits per heavy atom. The van der Waals surface area contributed by atoms with Crippen molar-refractivity contribution in [2.45, 2.75) is 32.9 Å². The van der Waals surface area contributed by atoms with Gasteiger partial charge in [0.2, 0.25) is 0 Å². The molecule has 2 N–H and O–H groups in total. The summed E-state index contributed by atoms with van der Waals surface area (Å²) >= 11 is 0. The lowest BCUT2D eigenvalue weighted by Crippen LogP contribution is -2.25. The van der Waals surface area contributed by atoms with E-state index in [9.17, 15) is 4.91 Å². The van der Waals surface area contributed by atoms with Crippen LogP contribution in [0.15, 0.2) is 23.4 Å². The zero-order valence-electron chi connectivity index (χ0n) is 15.4. The lowest BCUT2D eigenvalue weighted by atomic mass is 10.1. The number of hydrogen-bond donors (Lipinski definition) is 1. The number of hydrogen-bond acceptors (Lipinski definition) is 7. The molecule has 0 atom stereocenters. The molecule has 0 amide bonds. The molecule has 3 rings (SSSR count). The number of ether oxygens (including phenoxy) is 2. The number of fused-ring (bicyclic) bond motifs is 3. The van der Waals surface area contributed by atoms with Crippen molar-refractivity contribution in [3.8, 4) is 5.75 Å². The van der Waals surface area contributed by atoms with E-state index in [0.717, 1.165) is 16.7 Å². The first-order valence-corrected chi connectivity index (χ1v) is 8.46. The molecule has 0 unspecified atom stereocenters. The molecule has 8 nitrogen and oxygen atoms in total. The number of nitroso groups, excluding NO2 is 1. The summed E-state index contributed by atoms with van der Waals surface area (Å²) < 4.78 is 13.4. The highest BCUT2D eigenvalue weighted by molar-refractivity contribution is 6.09. The van der Waals surface area contributed by atoms with Crippen LogP contribution in [-0.2, 0) is 18.4 Å². The molecule has 1 aromatic carbocycles. The van der Waals surface area contributed by atoms with Crippen LogP contribution in [0.25, 0.3) is 21.9 Å². The van der Waals surface area contributed by atoms with E-state index in [1.165, 1.54) is 0 Å². The predicted octanol–water partition coefficient (Wildman–Crippen LogP) is 3.16. The monoisotopic (exact) mass is 357 g/mol. The van der Waals surface area contributed by atoms with E-state index in [-0.39, 0.29) is 6.61 Å². The summed E-state index contributed by atoms with van der Waals surface area (Å²) in [6.07, 6.45) is 0. The first-order chi connectivity index (χ1) is 12.4. The van der Waals surface area contributed by atoms with E-state index < -0.39 is 5.54 Å². The first kappa shape index (κ1) is 18.1. The van der Waals surface area contributed by atoms with Gasteiger partial charge in [0.1, 0.15) is 35.8 Å². The van der Waals surface area contributed by atoms with Crippen molar-refractivity contribution in [3.05, 3.63) is 28.9 Å². The van der Waals surface area contributed by atoms with Crippen LogP contribution >= 0.6 is 0 Å². The quantitative estimate of drug-likeness (QED) is 0.651. The van der Waals surface area contributed by atoms with Crippen molar-refractivity contribution in [2.24, 2.45) is 12.2 Å². The topological polar surface area (TPSA) is 105 Å². The molecule has 138 valence electrons. The Bertz CT molecular complexity index is 965. The number of nitrogen functional groups attached to an aromatic ring is 1. The van der Waals surface area contributed by atoms with Crippen molar-refractivity contribution < 1.29 is 9.47 Å². The second-order valence-electron chi connectivity index (χ2n) is 6.76. The van der Waals surface area contributed by atoms with Gasteiger partial charge in [-0.1, -0.05) is 11.2 Å². The maximum absolute atomic E-state index is 10.9. The maximum atomic E-state index is 10.9. The Labute approximate surface area is 151 Å². The van der Waals surface area contributed by atoms with E-state index in [1.807, 2.05) is 36.7 Å². The Kier molecular flexibility index (Phi) is 4.78. The van der Waals surface area contributed by atoms with Gasteiger partial charge in [-0.2, -0.15) is 4.91 Å². The third-order valence-corrected chi connectivity index (χ3v) is 4.18. The van der Waals surface area contributed by atoms with Gasteiger partial charge in [0.05, 0.1) is 16.4 Å². The normalized spacial score (nSPS) is 12.0. The van der Waals surface area contributed by atoms with Gasteiger partial charge in [0.15, 0.2) is 5.82 Å². The minimum atomic E-state index is -0.824. The minimum absolute atomic E-state index is 0.158. The van der Waals surface area contributed by atoms with Gasteiger partial charge in [0, 0.05) is 13.7 Å². The SMILES string of the molecule is CCOCc1nc2c(N)nc3cccc(OCC(C)(C)N=O)c3c2n1C. The molecule has 8 heteroatoms. The molecule has 3 aromatic rings. The molecule has 0 fully saturated rings. The lowest BCUT2D eigenvalue weighted by molar-refractivity contribution is 0.126. The van der Waals surface area contributed by atoms with Gasteiger partial charge in [-0.05, 0) is 32.9 Å². The Balaban J connectivity index is 2.19. The van der Waals surface area contributed by atoms with Crippen LogP contribution in [-0.4, -0.2) is 33.3 Å². The fourth-order valence-corrected chi connectivity index (χ4v) is 2.77. The van der Waals surface area contributed by atoms with Crippen molar-refractivity contribution >= 4 is 27.8 Å². The van der Waals surface area contributed by atoms with Crippen molar-refractivity contribution in [1.29, 1.82) is 0 Å². The molecule has 0 saturated heterocycles. The number of aromatic nitrogens is 3. The number of pyridine rings is 1. The highest BCUT2D eigenvalue weighted by Gasteiger charge is 2.22. The van der Waals surface area contributed by atoms with Gasteiger partial charge in [-0.25, -0.2) is 9.97 Å². The summed E-state index contributed by atoms with van der Waals surface area (Å²) in [6.45, 7) is 6.52. The molecule has 0 aliphatic carbocycles. The summed E-state index contributed by atoms with van der Waals surface area (Å²) in [6, 6.07) is 5.56. The highest BCUT2D eigenvalue weighted by Crippen LogP contribution is 2.35. The molecular formula is C18H23N5O3. The number of anilines is 1. The van der Waals surface area contributed by atoms with Crippen LogP contribution < -0.4 is 10.5 Å². The molecule has 0 aliphatic heterocycles. The van der Waals surface area contributed by atoms with Crippen molar-refractivity contribution in [1.82, 2.24) is 14.5 Å². The molecule has 26 heavy (non-hydrogen) atoms. The van der Waals surface area contributed by atoms with Crippen LogP contribution in [0.1, 0.15) is 26.6 Å². The average Bonchev–Trinajstić information content (AvgIpc) is 2.95. The summed E-state index contributed by atoms with van der Waals surface area (Å²) in [5.41, 5.74) is 7.44. The van der Waals surface area contributed by atoms with Gasteiger partial charge >= 0.3 is 0 Å². The van der Waals surface area contributed by atoms with E-state index in [1.54, 1.807) is 13.8 Å². The fourth-order valence-electron chi connectivity index (χ4n) is 2.77. The largest absolute Gasteiger partial charge is 0.490 e. The number of nitrogens with two attached hydrogens (primary N) is 1. The van der Waals surface area contributed by atoms with E-state index >= 15 is 0 Å².